The number of benzene rings is 1. The first-order valence-corrected chi connectivity index (χ1v) is 5.22. The second kappa shape index (κ2) is 4.74. The van der Waals surface area contributed by atoms with Crippen molar-refractivity contribution in [2.45, 2.75) is 6.92 Å². The molecule has 0 saturated heterocycles. The number of methoxy groups -OCH3 is 1. The summed E-state index contributed by atoms with van der Waals surface area (Å²) in [4.78, 5) is 3.98. The molecular formula is C13H14N2O2. The van der Waals surface area contributed by atoms with Crippen molar-refractivity contribution >= 4 is 5.69 Å². The van der Waals surface area contributed by atoms with Crippen molar-refractivity contribution in [3.63, 3.8) is 0 Å². The molecule has 2 rings (SSSR count). The second-order valence-electron chi connectivity index (χ2n) is 3.65. The zero-order valence-electron chi connectivity index (χ0n) is 9.81. The number of hydrogen-bond acceptors (Lipinski definition) is 4. The summed E-state index contributed by atoms with van der Waals surface area (Å²) in [6.07, 6.45) is 3.35. The second-order valence-corrected chi connectivity index (χ2v) is 3.65. The van der Waals surface area contributed by atoms with Gasteiger partial charge >= 0.3 is 0 Å². The van der Waals surface area contributed by atoms with Crippen LogP contribution in [0, 0.1) is 6.92 Å². The van der Waals surface area contributed by atoms with Crippen molar-refractivity contribution in [2.24, 2.45) is 0 Å². The molecule has 88 valence electrons. The minimum atomic E-state index is 0.615. The topological polar surface area (TPSA) is 57.4 Å². The highest BCUT2D eigenvalue weighted by atomic mass is 16.5. The van der Waals surface area contributed by atoms with Gasteiger partial charge < -0.3 is 15.2 Å². The summed E-state index contributed by atoms with van der Waals surface area (Å²) in [5.74, 6) is 1.98. The molecule has 1 aromatic carbocycles. The van der Waals surface area contributed by atoms with Gasteiger partial charge in [0.05, 0.1) is 19.0 Å². The molecule has 2 N–H and O–H groups in total. The minimum absolute atomic E-state index is 0.615. The van der Waals surface area contributed by atoms with Crippen LogP contribution < -0.4 is 15.2 Å². The van der Waals surface area contributed by atoms with Gasteiger partial charge in [-0.1, -0.05) is 0 Å². The van der Waals surface area contributed by atoms with Gasteiger partial charge in [0.1, 0.15) is 17.2 Å². The third kappa shape index (κ3) is 2.47. The maximum Gasteiger partial charge on any atom is 0.145 e. The molecule has 17 heavy (non-hydrogen) atoms. The molecular weight excluding hydrogens is 216 g/mol. The van der Waals surface area contributed by atoms with Crippen LogP contribution in [0.25, 0.3) is 0 Å². The van der Waals surface area contributed by atoms with Crippen LogP contribution in [-0.4, -0.2) is 12.1 Å². The van der Waals surface area contributed by atoms with E-state index < -0.39 is 0 Å². The van der Waals surface area contributed by atoms with Gasteiger partial charge in [-0.25, -0.2) is 0 Å². The fourth-order valence-corrected chi connectivity index (χ4v) is 1.51. The molecule has 0 fully saturated rings. The Morgan fingerprint density at radius 1 is 1.24 bits per heavy atom. The average molecular weight is 230 g/mol. The van der Waals surface area contributed by atoms with Crippen molar-refractivity contribution < 1.29 is 9.47 Å². The number of hydrogen-bond donors (Lipinski definition) is 1. The predicted molar refractivity (Wildman–Crippen MR) is 66.5 cm³/mol. The van der Waals surface area contributed by atoms with Crippen LogP contribution in [0.3, 0.4) is 0 Å². The first-order valence-electron chi connectivity index (χ1n) is 5.22. The fraction of sp³-hybridized carbons (Fsp3) is 0.154. The van der Waals surface area contributed by atoms with Crippen LogP contribution in [-0.2, 0) is 0 Å². The van der Waals surface area contributed by atoms with E-state index in [1.807, 2.05) is 25.1 Å². The van der Waals surface area contributed by atoms with E-state index in [0.29, 0.717) is 22.9 Å². The lowest BCUT2D eigenvalue weighted by atomic mass is 10.2. The zero-order chi connectivity index (χ0) is 12.3. The van der Waals surface area contributed by atoms with Gasteiger partial charge in [-0.2, -0.15) is 0 Å². The molecule has 1 aromatic heterocycles. The van der Waals surface area contributed by atoms with Gasteiger partial charge in [0, 0.05) is 12.3 Å². The van der Waals surface area contributed by atoms with Crippen molar-refractivity contribution in [3.05, 3.63) is 42.2 Å². The van der Waals surface area contributed by atoms with Crippen molar-refractivity contribution in [1.29, 1.82) is 0 Å². The molecule has 4 heteroatoms. The first kappa shape index (κ1) is 11.3. The number of aromatic nitrogens is 1. The molecule has 0 aliphatic carbocycles. The van der Waals surface area contributed by atoms with Gasteiger partial charge in [0.15, 0.2) is 0 Å². The molecule has 0 aliphatic heterocycles. The molecule has 0 unspecified atom stereocenters. The van der Waals surface area contributed by atoms with Gasteiger partial charge in [-0.3, -0.25) is 4.98 Å². The lowest BCUT2D eigenvalue weighted by Crippen LogP contribution is -1.96. The van der Waals surface area contributed by atoms with E-state index in [2.05, 4.69) is 4.98 Å². The van der Waals surface area contributed by atoms with Crippen molar-refractivity contribution in [3.8, 4) is 17.2 Å². The van der Waals surface area contributed by atoms with E-state index in [1.54, 1.807) is 25.6 Å². The summed E-state index contributed by atoms with van der Waals surface area (Å²) in [5, 5.41) is 0. The Balaban J connectivity index is 2.31. The van der Waals surface area contributed by atoms with E-state index in [9.17, 15) is 0 Å². The molecule has 2 aromatic rings. The molecule has 0 aliphatic rings. The van der Waals surface area contributed by atoms with Gasteiger partial charge in [0.25, 0.3) is 0 Å². The summed E-state index contributed by atoms with van der Waals surface area (Å²) >= 11 is 0. The summed E-state index contributed by atoms with van der Waals surface area (Å²) in [6.45, 7) is 1.91. The smallest absolute Gasteiger partial charge is 0.145 e. The number of rotatable bonds is 3. The highest BCUT2D eigenvalue weighted by Crippen LogP contribution is 2.32. The molecule has 0 saturated carbocycles. The Bertz CT molecular complexity index is 512. The summed E-state index contributed by atoms with van der Waals surface area (Å²) < 4.78 is 10.8. The Morgan fingerprint density at radius 3 is 2.71 bits per heavy atom. The lowest BCUT2D eigenvalue weighted by molar-refractivity contribution is 0.410. The maximum absolute atomic E-state index is 5.86. The quantitative estimate of drug-likeness (QED) is 0.824. The largest absolute Gasteiger partial charge is 0.494 e. The fourth-order valence-electron chi connectivity index (χ4n) is 1.51. The van der Waals surface area contributed by atoms with Crippen LogP contribution in [0.1, 0.15) is 5.56 Å². The van der Waals surface area contributed by atoms with Crippen LogP contribution in [0.2, 0.25) is 0 Å². The first-order chi connectivity index (χ1) is 8.20. The molecule has 0 atom stereocenters. The molecule has 0 spiro atoms. The molecule has 0 bridgehead atoms. The van der Waals surface area contributed by atoms with Gasteiger partial charge in [-0.15, -0.1) is 0 Å². The SMILES string of the molecule is COc1cc(Oc2cccnc2)cc(C)c1N. The standard InChI is InChI=1S/C13H14N2O2/c1-9-6-11(7-12(16-2)13(9)14)17-10-4-3-5-15-8-10/h3-8H,14H2,1-2H3. The van der Waals surface area contributed by atoms with Gasteiger partial charge in [-0.05, 0) is 30.7 Å². The maximum atomic E-state index is 5.86. The molecule has 1 heterocycles. The lowest BCUT2D eigenvalue weighted by Gasteiger charge is -2.11. The Labute approximate surface area is 100 Å². The number of ether oxygens (including phenoxy) is 2. The number of nitrogens with zero attached hydrogens (tertiary/aromatic N) is 1. The van der Waals surface area contributed by atoms with Crippen LogP contribution in [0.5, 0.6) is 17.2 Å². The average Bonchev–Trinajstić information content (AvgIpc) is 2.35. The zero-order valence-corrected chi connectivity index (χ0v) is 9.81. The third-order valence-corrected chi connectivity index (χ3v) is 2.41. The third-order valence-electron chi connectivity index (χ3n) is 2.41. The number of aryl methyl sites for hydroxylation is 1. The normalized spacial score (nSPS) is 10.0. The number of nitrogens with two attached hydrogens (primary N) is 1. The van der Waals surface area contributed by atoms with Crippen LogP contribution >= 0.6 is 0 Å². The molecule has 0 amide bonds. The molecule has 4 nitrogen and oxygen atoms in total. The van der Waals surface area contributed by atoms with Crippen LogP contribution in [0.15, 0.2) is 36.7 Å². The number of anilines is 1. The monoisotopic (exact) mass is 230 g/mol. The van der Waals surface area contributed by atoms with Gasteiger partial charge in [0.2, 0.25) is 0 Å². The summed E-state index contributed by atoms with van der Waals surface area (Å²) in [5.41, 5.74) is 7.41. The number of nitrogen functional groups attached to an aromatic ring is 1. The Hall–Kier alpha value is -2.23. The Kier molecular flexibility index (Phi) is 3.14. The highest BCUT2D eigenvalue weighted by Gasteiger charge is 2.07. The Morgan fingerprint density at radius 2 is 2.06 bits per heavy atom. The summed E-state index contributed by atoms with van der Waals surface area (Å²) in [6, 6.07) is 7.28. The van der Waals surface area contributed by atoms with E-state index in [0.717, 1.165) is 5.56 Å². The molecule has 0 radical (unpaired) electrons. The van der Waals surface area contributed by atoms with Crippen molar-refractivity contribution in [2.75, 3.05) is 12.8 Å². The van der Waals surface area contributed by atoms with E-state index in [1.165, 1.54) is 0 Å². The number of pyridine rings is 1. The van der Waals surface area contributed by atoms with Crippen LogP contribution in [0.4, 0.5) is 5.69 Å². The summed E-state index contributed by atoms with van der Waals surface area (Å²) in [7, 11) is 1.58. The minimum Gasteiger partial charge on any atom is -0.494 e. The van der Waals surface area contributed by atoms with Crippen molar-refractivity contribution in [1.82, 2.24) is 4.98 Å². The van der Waals surface area contributed by atoms with E-state index >= 15 is 0 Å². The predicted octanol–water partition coefficient (Wildman–Crippen LogP) is 2.77. The van der Waals surface area contributed by atoms with E-state index in [-0.39, 0.29) is 0 Å². The van der Waals surface area contributed by atoms with E-state index in [4.69, 9.17) is 15.2 Å². The highest BCUT2D eigenvalue weighted by molar-refractivity contribution is 5.61.